The number of carbonyl (C=O) groups excluding carboxylic acids is 1. The van der Waals surface area contributed by atoms with Crippen LogP contribution in [0, 0.1) is 0 Å². The van der Waals surface area contributed by atoms with Crippen LogP contribution in [-0.2, 0) is 16.0 Å². The smallest absolute Gasteiger partial charge is 0.249 e. The molecule has 6 heteroatoms. The van der Waals surface area contributed by atoms with Gasteiger partial charge < -0.3 is 14.8 Å². The van der Waals surface area contributed by atoms with Gasteiger partial charge in [-0.05, 0) is 56.4 Å². The second-order valence-corrected chi connectivity index (χ2v) is 6.61. The molecule has 2 aliphatic rings. The Bertz CT molecular complexity index is 748. The van der Waals surface area contributed by atoms with Crippen molar-refractivity contribution < 1.29 is 14.3 Å². The van der Waals surface area contributed by atoms with Gasteiger partial charge in [-0.2, -0.15) is 5.10 Å². The van der Waals surface area contributed by atoms with E-state index in [0.717, 1.165) is 49.1 Å². The van der Waals surface area contributed by atoms with Gasteiger partial charge in [0.15, 0.2) is 0 Å². The van der Waals surface area contributed by atoms with Crippen molar-refractivity contribution in [1.29, 1.82) is 0 Å². The number of hydrogen-bond acceptors (Lipinski definition) is 4. The van der Waals surface area contributed by atoms with E-state index in [1.165, 1.54) is 5.69 Å². The number of carbonyl (C=O) groups is 1. The summed E-state index contributed by atoms with van der Waals surface area (Å²) < 4.78 is 12.7. The third-order valence-corrected chi connectivity index (χ3v) is 5.04. The zero-order valence-corrected chi connectivity index (χ0v) is 14.4. The summed E-state index contributed by atoms with van der Waals surface area (Å²) in [6, 6.07) is 7.89. The molecule has 4 rings (SSSR count). The Morgan fingerprint density at radius 2 is 2.12 bits per heavy atom. The number of ether oxygens (including phenoxy) is 2. The second-order valence-electron chi connectivity index (χ2n) is 6.61. The Labute approximate surface area is 147 Å². The van der Waals surface area contributed by atoms with E-state index in [1.807, 2.05) is 35.1 Å². The molecule has 0 spiro atoms. The first-order valence-electron chi connectivity index (χ1n) is 8.89. The third-order valence-electron chi connectivity index (χ3n) is 5.04. The van der Waals surface area contributed by atoms with Crippen molar-refractivity contribution in [2.75, 3.05) is 13.7 Å². The molecule has 0 saturated carbocycles. The summed E-state index contributed by atoms with van der Waals surface area (Å²) in [7, 11) is 1.66. The minimum absolute atomic E-state index is 0.00699. The highest BCUT2D eigenvalue weighted by Crippen LogP contribution is 2.31. The lowest BCUT2D eigenvalue weighted by Gasteiger charge is -2.25. The maximum absolute atomic E-state index is 12.4. The zero-order valence-electron chi connectivity index (χ0n) is 14.4. The van der Waals surface area contributed by atoms with E-state index < -0.39 is 0 Å². The molecule has 1 aromatic carbocycles. The number of aromatic nitrogens is 2. The van der Waals surface area contributed by atoms with E-state index in [-0.39, 0.29) is 18.1 Å². The molecule has 2 aromatic rings. The Hall–Kier alpha value is -2.34. The number of methoxy groups -OCH3 is 1. The monoisotopic (exact) mass is 341 g/mol. The Morgan fingerprint density at radius 3 is 2.84 bits per heavy atom. The summed E-state index contributed by atoms with van der Waals surface area (Å²) in [6.07, 6.45) is 6.32. The molecule has 132 valence electrons. The lowest BCUT2D eigenvalue weighted by Crippen LogP contribution is -2.38. The third kappa shape index (κ3) is 3.14. The minimum Gasteiger partial charge on any atom is -0.497 e. The lowest BCUT2D eigenvalue weighted by molar-refractivity contribution is -0.130. The quantitative estimate of drug-likeness (QED) is 0.928. The van der Waals surface area contributed by atoms with Crippen LogP contribution in [-0.4, -0.2) is 35.5 Å². The number of nitrogens with zero attached hydrogens (tertiary/aromatic N) is 2. The molecule has 2 heterocycles. The predicted octanol–water partition coefficient (Wildman–Crippen LogP) is 2.55. The fourth-order valence-electron chi connectivity index (χ4n) is 3.70. The van der Waals surface area contributed by atoms with Crippen molar-refractivity contribution in [3.8, 4) is 11.4 Å². The van der Waals surface area contributed by atoms with E-state index in [1.54, 1.807) is 7.11 Å². The van der Waals surface area contributed by atoms with Crippen LogP contribution in [0.25, 0.3) is 5.69 Å². The van der Waals surface area contributed by atoms with Crippen molar-refractivity contribution in [2.45, 2.75) is 44.2 Å². The lowest BCUT2D eigenvalue weighted by atomic mass is 9.92. The van der Waals surface area contributed by atoms with Crippen molar-refractivity contribution in [2.24, 2.45) is 0 Å². The van der Waals surface area contributed by atoms with Crippen molar-refractivity contribution in [1.82, 2.24) is 15.1 Å². The van der Waals surface area contributed by atoms with Crippen molar-refractivity contribution in [3.63, 3.8) is 0 Å². The molecule has 25 heavy (non-hydrogen) atoms. The highest BCUT2D eigenvalue weighted by molar-refractivity contribution is 5.81. The first-order valence-corrected chi connectivity index (χ1v) is 8.89. The topological polar surface area (TPSA) is 65.4 Å². The Morgan fingerprint density at radius 1 is 1.28 bits per heavy atom. The molecule has 6 nitrogen and oxygen atoms in total. The largest absolute Gasteiger partial charge is 0.497 e. The summed E-state index contributed by atoms with van der Waals surface area (Å²) >= 11 is 0. The van der Waals surface area contributed by atoms with Crippen LogP contribution in [0.3, 0.4) is 0 Å². The van der Waals surface area contributed by atoms with E-state index >= 15 is 0 Å². The van der Waals surface area contributed by atoms with E-state index in [2.05, 4.69) is 10.4 Å². The van der Waals surface area contributed by atoms with Crippen LogP contribution < -0.4 is 10.1 Å². The average molecular weight is 341 g/mol. The first kappa shape index (κ1) is 16.1. The number of amides is 1. The molecule has 1 aliphatic heterocycles. The van der Waals surface area contributed by atoms with Crippen LogP contribution >= 0.6 is 0 Å². The van der Waals surface area contributed by atoms with Crippen molar-refractivity contribution >= 4 is 5.91 Å². The van der Waals surface area contributed by atoms with Gasteiger partial charge in [0, 0.05) is 17.9 Å². The molecular formula is C19H23N3O3. The maximum atomic E-state index is 12.4. The van der Waals surface area contributed by atoms with Gasteiger partial charge in [-0.25, -0.2) is 4.68 Å². The zero-order chi connectivity index (χ0) is 17.2. The predicted molar refractivity (Wildman–Crippen MR) is 92.9 cm³/mol. The Balaban J connectivity index is 1.56. The molecule has 1 N–H and O–H groups in total. The molecule has 1 aliphatic carbocycles. The summed E-state index contributed by atoms with van der Waals surface area (Å²) in [4.78, 5) is 12.4. The van der Waals surface area contributed by atoms with Crippen LogP contribution in [0.1, 0.15) is 43.0 Å². The summed E-state index contributed by atoms with van der Waals surface area (Å²) in [5.41, 5.74) is 3.30. The number of rotatable bonds is 4. The van der Waals surface area contributed by atoms with Gasteiger partial charge in [-0.1, -0.05) is 0 Å². The van der Waals surface area contributed by atoms with Crippen LogP contribution in [0.15, 0.2) is 30.5 Å². The van der Waals surface area contributed by atoms with Gasteiger partial charge in [0.2, 0.25) is 5.91 Å². The summed E-state index contributed by atoms with van der Waals surface area (Å²) in [5, 5.41) is 7.73. The molecule has 1 amide bonds. The van der Waals surface area contributed by atoms with E-state index in [0.29, 0.717) is 6.61 Å². The van der Waals surface area contributed by atoms with Gasteiger partial charge in [-0.15, -0.1) is 0 Å². The number of fused-ring (bicyclic) bond motifs is 1. The molecule has 1 saturated heterocycles. The molecule has 2 atom stereocenters. The normalized spacial score (nSPS) is 22.4. The second kappa shape index (κ2) is 6.88. The van der Waals surface area contributed by atoms with E-state index in [9.17, 15) is 4.79 Å². The highest BCUT2D eigenvalue weighted by Gasteiger charge is 2.30. The van der Waals surface area contributed by atoms with Crippen LogP contribution in [0.4, 0.5) is 0 Å². The molecule has 1 fully saturated rings. The fraction of sp³-hybridized carbons (Fsp3) is 0.474. The van der Waals surface area contributed by atoms with Gasteiger partial charge in [0.1, 0.15) is 11.9 Å². The Kier molecular flexibility index (Phi) is 4.44. The average Bonchev–Trinajstić information content (AvgIpc) is 3.32. The van der Waals surface area contributed by atoms with E-state index in [4.69, 9.17) is 9.47 Å². The molecule has 0 radical (unpaired) electrons. The molecule has 0 unspecified atom stereocenters. The minimum atomic E-state index is -0.290. The van der Waals surface area contributed by atoms with Crippen LogP contribution in [0.2, 0.25) is 0 Å². The fourth-order valence-corrected chi connectivity index (χ4v) is 3.70. The summed E-state index contributed by atoms with van der Waals surface area (Å²) in [5.74, 6) is 0.832. The first-order chi connectivity index (χ1) is 12.3. The summed E-state index contributed by atoms with van der Waals surface area (Å²) in [6.45, 7) is 0.684. The van der Waals surface area contributed by atoms with Gasteiger partial charge >= 0.3 is 0 Å². The number of hydrogen-bond donors (Lipinski definition) is 1. The SMILES string of the molecule is COc1ccc(-n2ncc3c2CCC[C@H]3NC(=O)[C@@H]2CCCO2)cc1. The van der Waals surface area contributed by atoms with Gasteiger partial charge in [-0.3, -0.25) is 4.79 Å². The number of benzene rings is 1. The highest BCUT2D eigenvalue weighted by atomic mass is 16.5. The number of nitrogens with one attached hydrogen (secondary N) is 1. The van der Waals surface area contributed by atoms with Crippen LogP contribution in [0.5, 0.6) is 5.75 Å². The maximum Gasteiger partial charge on any atom is 0.249 e. The molecule has 1 aromatic heterocycles. The van der Waals surface area contributed by atoms with Gasteiger partial charge in [0.05, 0.1) is 25.0 Å². The van der Waals surface area contributed by atoms with Crippen molar-refractivity contribution in [3.05, 3.63) is 41.7 Å². The standard InChI is InChI=1S/C19H23N3O3/c1-24-14-9-7-13(8-10-14)22-17-5-2-4-16(15(17)12-20-22)21-19(23)18-6-3-11-25-18/h7-10,12,16,18H,2-6,11H2,1H3,(H,21,23)/t16-,18+/m1/s1. The molecule has 0 bridgehead atoms. The van der Waals surface area contributed by atoms with Gasteiger partial charge in [0.25, 0.3) is 0 Å². The molecular weight excluding hydrogens is 318 g/mol.